The molecule has 0 aliphatic carbocycles. The quantitative estimate of drug-likeness (QED) is 0.893. The predicted octanol–water partition coefficient (Wildman–Crippen LogP) is 4.41. The molecule has 0 aliphatic heterocycles. The maximum absolute atomic E-state index is 4.67. The lowest BCUT2D eigenvalue weighted by Gasteiger charge is -2.20. The molecule has 1 aromatic heterocycles. The third-order valence-electron chi connectivity index (χ3n) is 3.21. The molecule has 3 nitrogen and oxygen atoms in total. The molecule has 21 heavy (non-hydrogen) atoms. The van der Waals surface area contributed by atoms with Crippen LogP contribution in [0.1, 0.15) is 37.6 Å². The average Bonchev–Trinajstić information content (AvgIpc) is 2.41. The van der Waals surface area contributed by atoms with E-state index in [1.165, 1.54) is 11.1 Å². The molecule has 2 aromatic rings. The summed E-state index contributed by atoms with van der Waals surface area (Å²) in [7, 11) is 0. The van der Waals surface area contributed by atoms with Gasteiger partial charge in [0.1, 0.15) is 0 Å². The van der Waals surface area contributed by atoms with Gasteiger partial charge in [0.2, 0.25) is 0 Å². The highest BCUT2D eigenvalue weighted by Crippen LogP contribution is 2.26. The Morgan fingerprint density at radius 2 is 1.76 bits per heavy atom. The molecular weight excluding hydrogens is 326 g/mol. The van der Waals surface area contributed by atoms with Crippen LogP contribution in [0.25, 0.3) is 11.4 Å². The van der Waals surface area contributed by atoms with E-state index in [2.05, 4.69) is 78.0 Å². The fraction of sp³-hybridized carbons (Fsp3) is 0.412. The molecule has 1 heterocycles. The Labute approximate surface area is 135 Å². The van der Waals surface area contributed by atoms with Gasteiger partial charge in [0.05, 0.1) is 5.69 Å². The van der Waals surface area contributed by atoms with Crippen LogP contribution in [0.3, 0.4) is 0 Å². The fourth-order valence-corrected chi connectivity index (χ4v) is 2.29. The molecule has 0 spiro atoms. The molecule has 1 aromatic carbocycles. The lowest BCUT2D eigenvalue weighted by Crippen LogP contribution is -2.35. The van der Waals surface area contributed by atoms with Crippen LogP contribution in [-0.4, -0.2) is 15.5 Å². The summed E-state index contributed by atoms with van der Waals surface area (Å²) in [4.78, 5) is 9.08. The summed E-state index contributed by atoms with van der Waals surface area (Å²) in [5, 5.41) is 3.45. The van der Waals surface area contributed by atoms with Crippen LogP contribution in [0.5, 0.6) is 0 Å². The number of aryl methyl sites for hydroxylation is 2. The van der Waals surface area contributed by atoms with Crippen molar-refractivity contribution >= 4 is 15.9 Å². The molecule has 4 heteroatoms. The molecule has 1 N–H and O–H groups in total. The number of nitrogens with one attached hydrogen (secondary N) is 1. The number of halogens is 1. The summed E-state index contributed by atoms with van der Waals surface area (Å²) in [6.45, 7) is 11.4. The van der Waals surface area contributed by atoms with Gasteiger partial charge in [-0.1, -0.05) is 15.9 Å². The number of hydrogen-bond acceptors (Lipinski definition) is 3. The standard InChI is InChI=1S/C17H22BrN3/c1-11-8-13(9-12(2)15(11)18)16-19-7-6-14(21-16)10-20-17(3,4)5/h6-9,20H,10H2,1-5H3. The van der Waals surface area contributed by atoms with Crippen LogP contribution in [0.15, 0.2) is 28.9 Å². The molecule has 112 valence electrons. The molecule has 0 aliphatic rings. The molecule has 0 bridgehead atoms. The van der Waals surface area contributed by atoms with Crippen LogP contribution in [0, 0.1) is 13.8 Å². The molecule has 0 atom stereocenters. The van der Waals surface area contributed by atoms with E-state index < -0.39 is 0 Å². The monoisotopic (exact) mass is 347 g/mol. The molecule has 2 rings (SSSR count). The summed E-state index contributed by atoms with van der Waals surface area (Å²) < 4.78 is 1.15. The minimum Gasteiger partial charge on any atom is -0.306 e. The fourth-order valence-electron chi connectivity index (χ4n) is 2.06. The van der Waals surface area contributed by atoms with E-state index in [4.69, 9.17) is 0 Å². The van der Waals surface area contributed by atoms with Crippen molar-refractivity contribution < 1.29 is 0 Å². The number of hydrogen-bond donors (Lipinski definition) is 1. The van der Waals surface area contributed by atoms with Crippen molar-refractivity contribution in [2.45, 2.75) is 46.7 Å². The summed E-state index contributed by atoms with van der Waals surface area (Å²) in [6.07, 6.45) is 1.83. The Balaban J connectivity index is 2.29. The van der Waals surface area contributed by atoms with E-state index in [-0.39, 0.29) is 5.54 Å². The summed E-state index contributed by atoms with van der Waals surface area (Å²) in [6, 6.07) is 6.20. The van der Waals surface area contributed by atoms with Crippen LogP contribution in [-0.2, 0) is 6.54 Å². The SMILES string of the molecule is Cc1cc(-c2nccc(CNC(C)(C)C)n2)cc(C)c1Br. The second kappa shape index (κ2) is 6.24. The van der Waals surface area contributed by atoms with Crippen molar-refractivity contribution in [3.05, 3.63) is 45.7 Å². The number of nitrogens with zero attached hydrogens (tertiary/aromatic N) is 2. The first-order chi connectivity index (χ1) is 9.76. The lowest BCUT2D eigenvalue weighted by molar-refractivity contribution is 0.421. The summed E-state index contributed by atoms with van der Waals surface area (Å²) in [5.41, 5.74) is 4.55. The summed E-state index contributed by atoms with van der Waals surface area (Å²) in [5.74, 6) is 0.780. The van der Waals surface area contributed by atoms with E-state index in [0.29, 0.717) is 0 Å². The minimum atomic E-state index is 0.0793. The van der Waals surface area contributed by atoms with Crippen molar-refractivity contribution in [1.82, 2.24) is 15.3 Å². The van der Waals surface area contributed by atoms with Gasteiger partial charge in [-0.3, -0.25) is 0 Å². The van der Waals surface area contributed by atoms with Gasteiger partial charge in [0.25, 0.3) is 0 Å². The molecule has 0 radical (unpaired) electrons. The maximum Gasteiger partial charge on any atom is 0.159 e. The van der Waals surface area contributed by atoms with Gasteiger partial charge in [0, 0.05) is 28.3 Å². The second-order valence-corrected chi connectivity index (χ2v) is 7.19. The van der Waals surface area contributed by atoms with Gasteiger partial charge in [-0.25, -0.2) is 9.97 Å². The average molecular weight is 348 g/mol. The van der Waals surface area contributed by atoms with Gasteiger partial charge >= 0.3 is 0 Å². The van der Waals surface area contributed by atoms with Gasteiger partial charge in [-0.2, -0.15) is 0 Å². The highest BCUT2D eigenvalue weighted by molar-refractivity contribution is 9.10. The van der Waals surface area contributed by atoms with Crippen LogP contribution in [0.2, 0.25) is 0 Å². The predicted molar refractivity (Wildman–Crippen MR) is 91.2 cm³/mol. The molecule has 0 saturated carbocycles. The van der Waals surface area contributed by atoms with Crippen molar-refractivity contribution in [3.8, 4) is 11.4 Å². The van der Waals surface area contributed by atoms with Gasteiger partial charge in [-0.05, 0) is 63.9 Å². The Hall–Kier alpha value is -1.26. The zero-order chi connectivity index (χ0) is 15.6. The van der Waals surface area contributed by atoms with Crippen molar-refractivity contribution in [2.24, 2.45) is 0 Å². The van der Waals surface area contributed by atoms with Gasteiger partial charge in [-0.15, -0.1) is 0 Å². The molecule has 0 amide bonds. The zero-order valence-electron chi connectivity index (χ0n) is 13.3. The van der Waals surface area contributed by atoms with E-state index >= 15 is 0 Å². The third kappa shape index (κ3) is 4.35. The number of benzene rings is 1. The van der Waals surface area contributed by atoms with E-state index in [9.17, 15) is 0 Å². The molecule has 0 fully saturated rings. The zero-order valence-corrected chi connectivity index (χ0v) is 14.9. The van der Waals surface area contributed by atoms with Crippen LogP contribution in [0.4, 0.5) is 0 Å². The topological polar surface area (TPSA) is 37.8 Å². The number of aromatic nitrogens is 2. The molecule has 0 saturated heterocycles. The van der Waals surface area contributed by atoms with Gasteiger partial charge in [0.15, 0.2) is 5.82 Å². The Morgan fingerprint density at radius 1 is 1.14 bits per heavy atom. The van der Waals surface area contributed by atoms with E-state index in [1.54, 1.807) is 0 Å². The van der Waals surface area contributed by atoms with Crippen molar-refractivity contribution in [2.75, 3.05) is 0 Å². The Bertz CT molecular complexity index is 622. The van der Waals surface area contributed by atoms with E-state index in [0.717, 1.165) is 28.1 Å². The normalized spacial score (nSPS) is 11.7. The van der Waals surface area contributed by atoms with Crippen LogP contribution >= 0.6 is 15.9 Å². The van der Waals surface area contributed by atoms with Gasteiger partial charge < -0.3 is 5.32 Å². The van der Waals surface area contributed by atoms with Crippen molar-refractivity contribution in [1.29, 1.82) is 0 Å². The largest absolute Gasteiger partial charge is 0.306 e. The van der Waals surface area contributed by atoms with Crippen molar-refractivity contribution in [3.63, 3.8) is 0 Å². The first-order valence-corrected chi connectivity index (χ1v) is 7.89. The maximum atomic E-state index is 4.67. The first-order valence-electron chi connectivity index (χ1n) is 7.10. The Morgan fingerprint density at radius 3 is 2.33 bits per heavy atom. The third-order valence-corrected chi connectivity index (χ3v) is 4.46. The molecular formula is C17H22BrN3. The lowest BCUT2D eigenvalue weighted by atomic mass is 10.1. The minimum absolute atomic E-state index is 0.0793. The molecule has 0 unspecified atom stereocenters. The number of rotatable bonds is 3. The second-order valence-electron chi connectivity index (χ2n) is 6.40. The van der Waals surface area contributed by atoms with Crippen LogP contribution < -0.4 is 5.32 Å². The Kier molecular flexibility index (Phi) is 4.79. The highest BCUT2D eigenvalue weighted by atomic mass is 79.9. The van der Waals surface area contributed by atoms with E-state index in [1.807, 2.05) is 12.3 Å². The highest BCUT2D eigenvalue weighted by Gasteiger charge is 2.11. The smallest absolute Gasteiger partial charge is 0.159 e. The first kappa shape index (κ1) is 16.1. The summed E-state index contributed by atoms with van der Waals surface area (Å²) >= 11 is 3.60.